The maximum atomic E-state index is 11.3. The molecular weight excluding hydrogens is 320 g/mol. The molecule has 122 valence electrons. The first kappa shape index (κ1) is 18.9. The molecule has 0 bridgehead atoms. The average Bonchev–Trinajstić information content (AvgIpc) is 2.47. The molecule has 1 aromatic carbocycles. The maximum absolute atomic E-state index is 11.3. The van der Waals surface area contributed by atoms with Crippen LogP contribution in [0, 0.1) is 6.92 Å². The van der Waals surface area contributed by atoms with Gasteiger partial charge in [-0.05, 0) is 57.0 Å². The summed E-state index contributed by atoms with van der Waals surface area (Å²) in [6, 6.07) is 5.94. The van der Waals surface area contributed by atoms with E-state index in [0.717, 1.165) is 16.2 Å². The topological polar surface area (TPSA) is 35.5 Å². The molecule has 0 radical (unpaired) electrons. The van der Waals surface area contributed by atoms with Gasteiger partial charge >= 0.3 is 5.97 Å². The molecule has 22 heavy (non-hydrogen) atoms. The van der Waals surface area contributed by atoms with Crippen molar-refractivity contribution in [2.75, 3.05) is 24.8 Å². The molecule has 0 fully saturated rings. The molecule has 0 atom stereocenters. The van der Waals surface area contributed by atoms with Crippen LogP contribution in [-0.2, 0) is 9.53 Å². The number of alkyl halides is 1. The number of thioether (sulfide) groups is 1. The van der Waals surface area contributed by atoms with Crippen LogP contribution in [0.5, 0.6) is 5.75 Å². The fourth-order valence-electron chi connectivity index (χ4n) is 1.70. The Morgan fingerprint density at radius 2 is 2.05 bits per heavy atom. The number of carbonyl (C=O) groups is 1. The van der Waals surface area contributed by atoms with Gasteiger partial charge in [0.25, 0.3) is 0 Å². The van der Waals surface area contributed by atoms with Crippen LogP contribution in [0.2, 0.25) is 0 Å². The summed E-state index contributed by atoms with van der Waals surface area (Å²) < 4.78 is 10.3. The number of rotatable bonds is 8. The van der Waals surface area contributed by atoms with E-state index in [1.54, 1.807) is 18.7 Å². The summed E-state index contributed by atoms with van der Waals surface area (Å²) in [7, 11) is 0. The number of hydrogen-bond donors (Lipinski definition) is 0. The van der Waals surface area contributed by atoms with Gasteiger partial charge < -0.3 is 9.47 Å². The van der Waals surface area contributed by atoms with Gasteiger partial charge in [0.15, 0.2) is 6.61 Å². The fourth-order valence-corrected chi connectivity index (χ4v) is 3.33. The van der Waals surface area contributed by atoms with Crippen molar-refractivity contribution in [3.8, 4) is 5.75 Å². The number of aryl methyl sites for hydroxylation is 1. The molecule has 0 spiro atoms. The number of benzene rings is 1. The highest BCUT2D eigenvalue weighted by atomic mass is 35.5. The number of allylic oxidation sites excluding steroid dienone is 1. The molecule has 0 aliphatic heterocycles. The van der Waals surface area contributed by atoms with Gasteiger partial charge in [0.1, 0.15) is 5.75 Å². The van der Waals surface area contributed by atoms with Crippen molar-refractivity contribution >= 4 is 29.3 Å². The molecule has 0 heterocycles. The van der Waals surface area contributed by atoms with Gasteiger partial charge in [0, 0.05) is 16.5 Å². The first-order valence-corrected chi connectivity index (χ1v) is 8.73. The van der Waals surface area contributed by atoms with Crippen LogP contribution < -0.4 is 4.74 Å². The van der Waals surface area contributed by atoms with E-state index in [9.17, 15) is 4.79 Å². The van der Waals surface area contributed by atoms with E-state index in [1.165, 1.54) is 11.1 Å². The standard InChI is InChI=1S/C17H23ClO3S/c1-5-20-17(19)10-21-16-7-6-15(8-13(16)4)22-11-14(9-18)12(2)3/h6-8H,5,9-11H2,1-4H3. The minimum Gasteiger partial charge on any atom is -0.482 e. The van der Waals surface area contributed by atoms with E-state index in [2.05, 4.69) is 19.9 Å². The summed E-state index contributed by atoms with van der Waals surface area (Å²) in [5.41, 5.74) is 3.53. The largest absolute Gasteiger partial charge is 0.482 e. The van der Waals surface area contributed by atoms with Gasteiger partial charge in [-0.25, -0.2) is 4.79 Å². The highest BCUT2D eigenvalue weighted by molar-refractivity contribution is 7.99. The van der Waals surface area contributed by atoms with Crippen LogP contribution in [-0.4, -0.2) is 30.8 Å². The number of hydrogen-bond acceptors (Lipinski definition) is 4. The van der Waals surface area contributed by atoms with Crippen LogP contribution in [0.1, 0.15) is 26.3 Å². The van der Waals surface area contributed by atoms with Crippen LogP contribution >= 0.6 is 23.4 Å². The third kappa shape index (κ3) is 6.32. The summed E-state index contributed by atoms with van der Waals surface area (Å²) in [5, 5.41) is 0. The van der Waals surface area contributed by atoms with Crippen LogP contribution in [0.4, 0.5) is 0 Å². The second-order valence-electron chi connectivity index (χ2n) is 5.05. The minimum atomic E-state index is -0.351. The Morgan fingerprint density at radius 1 is 1.32 bits per heavy atom. The zero-order valence-corrected chi connectivity index (χ0v) is 15.1. The van der Waals surface area contributed by atoms with Gasteiger partial charge in [0.05, 0.1) is 6.61 Å². The Balaban J connectivity index is 2.62. The first-order chi connectivity index (χ1) is 10.5. The molecule has 0 N–H and O–H groups in total. The van der Waals surface area contributed by atoms with E-state index in [1.807, 2.05) is 19.1 Å². The lowest BCUT2D eigenvalue weighted by molar-refractivity contribution is -0.145. The molecule has 1 rings (SSSR count). The van der Waals surface area contributed by atoms with Crippen LogP contribution in [0.25, 0.3) is 0 Å². The Labute approximate surface area is 142 Å². The third-order valence-electron chi connectivity index (χ3n) is 3.08. The number of carbonyl (C=O) groups excluding carboxylic acids is 1. The molecule has 0 aromatic heterocycles. The summed E-state index contributed by atoms with van der Waals surface area (Å²) in [5.74, 6) is 1.80. The molecule has 3 nitrogen and oxygen atoms in total. The maximum Gasteiger partial charge on any atom is 0.344 e. The van der Waals surface area contributed by atoms with Crippen molar-refractivity contribution < 1.29 is 14.3 Å². The second-order valence-corrected chi connectivity index (χ2v) is 6.36. The quantitative estimate of drug-likeness (QED) is 0.299. The van der Waals surface area contributed by atoms with Crippen molar-refractivity contribution in [2.45, 2.75) is 32.6 Å². The van der Waals surface area contributed by atoms with Crippen molar-refractivity contribution in [3.63, 3.8) is 0 Å². The number of halogens is 1. The number of ether oxygens (including phenoxy) is 2. The monoisotopic (exact) mass is 342 g/mol. The fraction of sp³-hybridized carbons (Fsp3) is 0.471. The Kier molecular flexibility index (Phi) is 8.43. The lowest BCUT2D eigenvalue weighted by Gasteiger charge is -2.11. The van der Waals surface area contributed by atoms with Gasteiger partial charge in [-0.2, -0.15) is 0 Å². The van der Waals surface area contributed by atoms with Crippen LogP contribution in [0.3, 0.4) is 0 Å². The van der Waals surface area contributed by atoms with Gasteiger partial charge in [-0.15, -0.1) is 23.4 Å². The summed E-state index contributed by atoms with van der Waals surface area (Å²) >= 11 is 7.69. The number of esters is 1. The van der Waals surface area contributed by atoms with Gasteiger partial charge in [0.2, 0.25) is 0 Å². The van der Waals surface area contributed by atoms with E-state index in [0.29, 0.717) is 18.2 Å². The van der Waals surface area contributed by atoms with E-state index in [-0.39, 0.29) is 12.6 Å². The summed E-state index contributed by atoms with van der Waals surface area (Å²) in [6.45, 7) is 8.20. The molecule has 0 aliphatic carbocycles. The molecule has 0 aliphatic rings. The first-order valence-electron chi connectivity index (χ1n) is 7.21. The normalized spacial score (nSPS) is 10.2. The molecule has 0 saturated heterocycles. The van der Waals surface area contributed by atoms with Gasteiger partial charge in [-0.1, -0.05) is 5.57 Å². The molecule has 1 aromatic rings. The predicted octanol–water partition coefficient (Wildman–Crippen LogP) is 4.60. The smallest absolute Gasteiger partial charge is 0.344 e. The second kappa shape index (κ2) is 9.80. The van der Waals surface area contributed by atoms with Crippen LogP contribution in [0.15, 0.2) is 34.2 Å². The third-order valence-corrected chi connectivity index (χ3v) is 4.48. The molecule has 0 unspecified atom stereocenters. The SMILES string of the molecule is CCOC(=O)COc1ccc(SCC(CCl)=C(C)C)cc1C. The van der Waals surface area contributed by atoms with Gasteiger partial charge in [-0.3, -0.25) is 0 Å². The molecule has 0 saturated carbocycles. The average molecular weight is 343 g/mol. The van der Waals surface area contributed by atoms with E-state index < -0.39 is 0 Å². The van der Waals surface area contributed by atoms with Crippen molar-refractivity contribution in [3.05, 3.63) is 34.9 Å². The molecule has 5 heteroatoms. The minimum absolute atomic E-state index is 0.0602. The highest BCUT2D eigenvalue weighted by Gasteiger charge is 2.07. The Morgan fingerprint density at radius 3 is 2.59 bits per heavy atom. The summed E-state index contributed by atoms with van der Waals surface area (Å²) in [4.78, 5) is 12.5. The lowest BCUT2D eigenvalue weighted by atomic mass is 10.2. The Bertz CT molecular complexity index is 537. The lowest BCUT2D eigenvalue weighted by Crippen LogP contribution is -2.14. The summed E-state index contributed by atoms with van der Waals surface area (Å²) in [6.07, 6.45) is 0. The van der Waals surface area contributed by atoms with E-state index >= 15 is 0 Å². The van der Waals surface area contributed by atoms with Crippen molar-refractivity contribution in [2.24, 2.45) is 0 Å². The zero-order valence-electron chi connectivity index (χ0n) is 13.6. The Hall–Kier alpha value is -1.13. The molecular formula is C17H23ClO3S. The highest BCUT2D eigenvalue weighted by Crippen LogP contribution is 2.27. The zero-order chi connectivity index (χ0) is 16.5. The van der Waals surface area contributed by atoms with Crippen molar-refractivity contribution in [1.29, 1.82) is 0 Å². The molecule has 0 amide bonds. The van der Waals surface area contributed by atoms with E-state index in [4.69, 9.17) is 21.1 Å². The predicted molar refractivity (Wildman–Crippen MR) is 93.1 cm³/mol. The van der Waals surface area contributed by atoms with Crippen molar-refractivity contribution in [1.82, 2.24) is 0 Å².